The number of aromatic nitrogens is 1. The van der Waals surface area contributed by atoms with Crippen LogP contribution in [0.3, 0.4) is 0 Å². The van der Waals surface area contributed by atoms with Crippen molar-refractivity contribution in [3.8, 4) is 0 Å². The van der Waals surface area contributed by atoms with Gasteiger partial charge in [-0.25, -0.2) is 4.79 Å². The van der Waals surface area contributed by atoms with Crippen molar-refractivity contribution in [2.45, 2.75) is 59.4 Å². The molecule has 0 bridgehead atoms. The molecule has 29 heavy (non-hydrogen) atoms. The van der Waals surface area contributed by atoms with E-state index in [2.05, 4.69) is 15.8 Å². The van der Waals surface area contributed by atoms with Gasteiger partial charge in [0.25, 0.3) is 0 Å². The Kier molecular flexibility index (Phi) is 8.04. The molecule has 1 aliphatic heterocycles. The molecule has 1 aromatic rings. The average Bonchev–Trinajstić information content (AvgIpc) is 3.01. The second-order valence-electron chi connectivity index (χ2n) is 7.61. The zero-order valence-electron chi connectivity index (χ0n) is 18.1. The van der Waals surface area contributed by atoms with Crippen molar-refractivity contribution < 1.29 is 18.9 Å². The number of hydrogen-bond donors (Lipinski definition) is 2. The molecule has 162 valence electrons. The molecule has 4 amide bonds. The fourth-order valence-electron chi connectivity index (χ4n) is 3.72. The van der Waals surface area contributed by atoms with E-state index in [0.717, 1.165) is 6.42 Å². The topological polar surface area (TPSA) is 108 Å². The Bertz CT molecular complexity index is 709. The molecular weight excluding hydrogens is 374 g/mol. The van der Waals surface area contributed by atoms with E-state index in [1.165, 1.54) is 0 Å². The van der Waals surface area contributed by atoms with Gasteiger partial charge in [0, 0.05) is 45.1 Å². The minimum atomic E-state index is -0.361. The quantitative estimate of drug-likeness (QED) is 0.779. The summed E-state index contributed by atoms with van der Waals surface area (Å²) >= 11 is 0. The van der Waals surface area contributed by atoms with Crippen LogP contribution in [0.1, 0.15) is 51.0 Å². The van der Waals surface area contributed by atoms with Crippen LogP contribution in [-0.2, 0) is 9.59 Å². The number of carbonyl (C=O) groups excluding carboxylic acids is 3. The van der Waals surface area contributed by atoms with Crippen LogP contribution < -0.4 is 10.6 Å². The Balaban J connectivity index is 2.01. The van der Waals surface area contributed by atoms with Gasteiger partial charge >= 0.3 is 6.03 Å². The number of likely N-dealkylation sites (N-methyl/N-ethyl adjacent to an activating group) is 1. The highest BCUT2D eigenvalue weighted by Gasteiger charge is 2.29. The molecule has 0 aromatic carbocycles. The SMILES string of the molecule is CCN(CC)C(=O)[C@@H]1CCC[C@@H](NC(=O)Nc2c(C)noc2C)CN(C)C(=O)C1. The Morgan fingerprint density at radius 3 is 2.52 bits per heavy atom. The van der Waals surface area contributed by atoms with Gasteiger partial charge in [-0.2, -0.15) is 0 Å². The predicted octanol–water partition coefficient (Wildman–Crippen LogP) is 2.30. The standard InChI is InChI=1S/C20H33N5O4/c1-6-25(7-2)19(27)15-9-8-10-16(12-24(5)17(26)11-15)21-20(28)22-18-13(3)23-29-14(18)4/h15-16H,6-12H2,1-5H3,(H2,21,22,28)/t15-,16-/m1/s1. The van der Waals surface area contributed by atoms with E-state index in [4.69, 9.17) is 4.52 Å². The minimum absolute atomic E-state index is 0.0410. The van der Waals surface area contributed by atoms with Gasteiger partial charge in [-0.15, -0.1) is 0 Å². The molecule has 2 heterocycles. The summed E-state index contributed by atoms with van der Waals surface area (Å²) in [7, 11) is 1.72. The second-order valence-corrected chi connectivity index (χ2v) is 7.61. The van der Waals surface area contributed by atoms with Crippen LogP contribution >= 0.6 is 0 Å². The summed E-state index contributed by atoms with van der Waals surface area (Å²) in [5.41, 5.74) is 1.16. The molecule has 0 unspecified atom stereocenters. The molecular formula is C20H33N5O4. The van der Waals surface area contributed by atoms with Crippen LogP contribution in [0, 0.1) is 19.8 Å². The fraction of sp³-hybridized carbons (Fsp3) is 0.700. The molecule has 1 aromatic heterocycles. The van der Waals surface area contributed by atoms with Crippen molar-refractivity contribution in [3.05, 3.63) is 11.5 Å². The van der Waals surface area contributed by atoms with Gasteiger partial charge in [-0.1, -0.05) is 11.6 Å². The third-order valence-electron chi connectivity index (χ3n) is 5.48. The number of amides is 4. The molecule has 9 nitrogen and oxygen atoms in total. The number of nitrogens with one attached hydrogen (secondary N) is 2. The van der Waals surface area contributed by atoms with Gasteiger partial charge in [-0.3, -0.25) is 9.59 Å². The van der Waals surface area contributed by atoms with Gasteiger partial charge in [0.2, 0.25) is 11.8 Å². The maximum atomic E-state index is 12.8. The maximum Gasteiger partial charge on any atom is 0.319 e. The lowest BCUT2D eigenvalue weighted by atomic mass is 9.95. The fourth-order valence-corrected chi connectivity index (χ4v) is 3.72. The summed E-state index contributed by atoms with van der Waals surface area (Å²) in [5, 5.41) is 9.53. The molecule has 0 aliphatic carbocycles. The molecule has 1 saturated heterocycles. The molecule has 2 rings (SSSR count). The second kappa shape index (κ2) is 10.3. The first-order valence-corrected chi connectivity index (χ1v) is 10.3. The number of nitrogens with zero attached hydrogens (tertiary/aromatic N) is 3. The Morgan fingerprint density at radius 1 is 1.24 bits per heavy atom. The van der Waals surface area contributed by atoms with E-state index in [1.807, 2.05) is 13.8 Å². The monoisotopic (exact) mass is 407 g/mol. The normalized spacial score (nSPS) is 20.4. The van der Waals surface area contributed by atoms with Crippen molar-refractivity contribution in [1.82, 2.24) is 20.3 Å². The van der Waals surface area contributed by atoms with Crippen molar-refractivity contribution >= 4 is 23.5 Å². The van der Waals surface area contributed by atoms with Crippen LogP contribution in [0.15, 0.2) is 4.52 Å². The number of hydrogen-bond acceptors (Lipinski definition) is 5. The molecule has 0 radical (unpaired) electrons. The summed E-state index contributed by atoms with van der Waals surface area (Å²) in [6, 6.07) is -0.563. The van der Waals surface area contributed by atoms with Gasteiger partial charge in [0.05, 0.1) is 0 Å². The zero-order chi connectivity index (χ0) is 21.6. The summed E-state index contributed by atoms with van der Waals surface area (Å²) < 4.78 is 5.06. The van der Waals surface area contributed by atoms with Crippen molar-refractivity contribution in [1.29, 1.82) is 0 Å². The molecule has 2 N–H and O–H groups in total. The van der Waals surface area contributed by atoms with Crippen LogP contribution in [0.25, 0.3) is 0 Å². The third kappa shape index (κ3) is 5.95. The maximum absolute atomic E-state index is 12.8. The minimum Gasteiger partial charge on any atom is -0.359 e. The lowest BCUT2D eigenvalue weighted by molar-refractivity contribution is -0.140. The molecule has 0 spiro atoms. The molecule has 1 aliphatic rings. The number of anilines is 1. The third-order valence-corrected chi connectivity index (χ3v) is 5.48. The van der Waals surface area contributed by atoms with Gasteiger partial charge in [0.15, 0.2) is 5.76 Å². The Morgan fingerprint density at radius 2 is 1.93 bits per heavy atom. The summed E-state index contributed by atoms with van der Waals surface area (Å²) in [4.78, 5) is 41.2. The van der Waals surface area contributed by atoms with E-state index in [0.29, 0.717) is 49.6 Å². The highest BCUT2D eigenvalue weighted by atomic mass is 16.5. The lowest BCUT2D eigenvalue weighted by Gasteiger charge is -2.26. The van der Waals surface area contributed by atoms with E-state index in [1.54, 1.807) is 30.7 Å². The summed E-state index contributed by atoms with van der Waals surface area (Å²) in [5.74, 6) is 0.201. The van der Waals surface area contributed by atoms with Gasteiger partial charge < -0.3 is 25.0 Å². The summed E-state index contributed by atoms with van der Waals surface area (Å²) in [6.45, 7) is 9.06. The molecule has 0 saturated carbocycles. The number of aryl methyl sites for hydroxylation is 2. The zero-order valence-corrected chi connectivity index (χ0v) is 18.1. The average molecular weight is 408 g/mol. The molecule has 1 fully saturated rings. The predicted molar refractivity (Wildman–Crippen MR) is 109 cm³/mol. The van der Waals surface area contributed by atoms with Crippen molar-refractivity contribution in [2.24, 2.45) is 5.92 Å². The Labute approximate surface area is 172 Å². The van der Waals surface area contributed by atoms with E-state index in [-0.39, 0.29) is 36.2 Å². The number of rotatable bonds is 5. The van der Waals surface area contributed by atoms with Crippen LogP contribution in [0.4, 0.5) is 10.5 Å². The highest BCUT2D eigenvalue weighted by molar-refractivity contribution is 5.90. The lowest BCUT2D eigenvalue weighted by Crippen LogP contribution is -2.45. The van der Waals surface area contributed by atoms with Crippen molar-refractivity contribution in [2.75, 3.05) is 32.0 Å². The van der Waals surface area contributed by atoms with E-state index in [9.17, 15) is 14.4 Å². The smallest absolute Gasteiger partial charge is 0.319 e. The first-order chi connectivity index (χ1) is 13.8. The number of urea groups is 1. The van der Waals surface area contributed by atoms with E-state index >= 15 is 0 Å². The highest BCUT2D eigenvalue weighted by Crippen LogP contribution is 2.22. The van der Waals surface area contributed by atoms with Crippen LogP contribution in [0.5, 0.6) is 0 Å². The summed E-state index contributed by atoms with van der Waals surface area (Å²) in [6.07, 6.45) is 2.30. The largest absolute Gasteiger partial charge is 0.359 e. The van der Waals surface area contributed by atoms with Crippen LogP contribution in [-0.4, -0.2) is 65.5 Å². The first-order valence-electron chi connectivity index (χ1n) is 10.3. The van der Waals surface area contributed by atoms with Crippen LogP contribution in [0.2, 0.25) is 0 Å². The van der Waals surface area contributed by atoms with Gasteiger partial charge in [-0.05, 0) is 40.5 Å². The number of carbonyl (C=O) groups is 3. The van der Waals surface area contributed by atoms with Gasteiger partial charge in [0.1, 0.15) is 11.4 Å². The molecule has 9 heteroatoms. The van der Waals surface area contributed by atoms with Crippen molar-refractivity contribution in [3.63, 3.8) is 0 Å². The van der Waals surface area contributed by atoms with E-state index < -0.39 is 0 Å². The first kappa shape index (κ1) is 22.7. The molecule has 2 atom stereocenters. The Hall–Kier alpha value is -2.58.